The number of nitrogens with two attached hydrogens (primary N) is 1. The first-order valence-corrected chi connectivity index (χ1v) is 5.94. The molecule has 0 aliphatic rings. The lowest BCUT2D eigenvalue weighted by Gasteiger charge is -2.06. The Bertz CT molecular complexity index is 680. The van der Waals surface area contributed by atoms with Crippen LogP contribution < -0.4 is 5.73 Å². The summed E-state index contributed by atoms with van der Waals surface area (Å²) in [5, 5.41) is 5.39. The molecule has 0 radical (unpaired) electrons. The van der Waals surface area contributed by atoms with Crippen LogP contribution >= 0.6 is 0 Å². The number of nitrogens with zero attached hydrogens (tertiary/aromatic N) is 4. The van der Waals surface area contributed by atoms with E-state index in [2.05, 4.69) is 14.6 Å². The van der Waals surface area contributed by atoms with Gasteiger partial charge in [-0.3, -0.25) is 4.68 Å². The Labute approximate surface area is 105 Å². The number of aromatic nitrogens is 4. The first-order valence-electron chi connectivity index (χ1n) is 5.94. The molecule has 5 nitrogen and oxygen atoms in total. The van der Waals surface area contributed by atoms with Gasteiger partial charge in [-0.25, -0.2) is 4.98 Å². The van der Waals surface area contributed by atoms with Crippen molar-refractivity contribution >= 4 is 16.7 Å². The molecule has 92 valence electrons. The summed E-state index contributed by atoms with van der Waals surface area (Å²) in [4.78, 5) is 4.21. The Balaban J connectivity index is 1.89. The van der Waals surface area contributed by atoms with E-state index in [0.717, 1.165) is 29.8 Å². The number of nitrogen functional groups attached to an aromatic ring is 1. The average molecular weight is 241 g/mol. The Morgan fingerprint density at radius 3 is 2.83 bits per heavy atom. The minimum absolute atomic E-state index is 0.591. The monoisotopic (exact) mass is 241 g/mol. The molecule has 0 unspecified atom stereocenters. The van der Waals surface area contributed by atoms with Gasteiger partial charge in [-0.05, 0) is 19.1 Å². The van der Waals surface area contributed by atoms with Gasteiger partial charge in [0.05, 0.1) is 12.1 Å². The molecule has 0 bridgehead atoms. The molecule has 5 heteroatoms. The van der Waals surface area contributed by atoms with Crippen LogP contribution in [-0.4, -0.2) is 19.3 Å². The summed E-state index contributed by atoms with van der Waals surface area (Å²) >= 11 is 0. The van der Waals surface area contributed by atoms with Gasteiger partial charge in [-0.15, -0.1) is 0 Å². The van der Waals surface area contributed by atoms with Crippen LogP contribution in [0.2, 0.25) is 0 Å². The van der Waals surface area contributed by atoms with Crippen LogP contribution in [0.1, 0.15) is 5.82 Å². The fraction of sp³-hybridized carbons (Fsp3) is 0.231. The summed E-state index contributed by atoms with van der Waals surface area (Å²) in [6, 6.07) is 8.02. The standard InChI is InChI=1S/C13H15N5/c1-10-15-6-7-17(10)8-9-18-12-5-3-2-4-11(12)13(14)16-18/h2-7H,8-9H2,1H3,(H2,14,16). The molecule has 0 saturated carbocycles. The van der Waals surface area contributed by atoms with Crippen LogP contribution in [0.15, 0.2) is 36.7 Å². The SMILES string of the molecule is Cc1nccn1CCn1nc(N)c2ccccc21. The summed E-state index contributed by atoms with van der Waals surface area (Å²) in [6.45, 7) is 3.63. The number of fused-ring (bicyclic) bond motifs is 1. The Morgan fingerprint density at radius 1 is 1.22 bits per heavy atom. The second-order valence-electron chi connectivity index (χ2n) is 4.29. The Kier molecular flexibility index (Phi) is 2.51. The number of benzene rings is 1. The molecule has 2 heterocycles. The molecule has 0 atom stereocenters. The van der Waals surface area contributed by atoms with Crippen LogP contribution in [0.25, 0.3) is 10.9 Å². The average Bonchev–Trinajstić information content (AvgIpc) is 2.92. The van der Waals surface area contributed by atoms with Crippen LogP contribution in [-0.2, 0) is 13.1 Å². The molecular weight excluding hydrogens is 226 g/mol. The van der Waals surface area contributed by atoms with Crippen molar-refractivity contribution in [2.24, 2.45) is 0 Å². The maximum Gasteiger partial charge on any atom is 0.153 e. The zero-order chi connectivity index (χ0) is 12.5. The van der Waals surface area contributed by atoms with Gasteiger partial charge in [-0.1, -0.05) is 12.1 Å². The number of hydrogen-bond donors (Lipinski definition) is 1. The summed E-state index contributed by atoms with van der Waals surface area (Å²) < 4.78 is 4.05. The molecule has 3 aromatic rings. The summed E-state index contributed by atoms with van der Waals surface area (Å²) in [6.07, 6.45) is 3.79. The lowest BCUT2D eigenvalue weighted by molar-refractivity contribution is 0.540. The van der Waals surface area contributed by atoms with Gasteiger partial charge in [0.25, 0.3) is 0 Å². The molecule has 0 fully saturated rings. The van der Waals surface area contributed by atoms with Crippen molar-refractivity contribution < 1.29 is 0 Å². The van der Waals surface area contributed by atoms with Crippen LogP contribution in [0.5, 0.6) is 0 Å². The number of aryl methyl sites for hydroxylation is 3. The normalized spacial score (nSPS) is 11.2. The molecule has 3 rings (SSSR count). The summed E-state index contributed by atoms with van der Waals surface area (Å²) in [5.74, 6) is 1.60. The van der Waals surface area contributed by atoms with Crippen LogP contribution in [0.3, 0.4) is 0 Å². The van der Waals surface area contributed by atoms with E-state index in [1.54, 1.807) is 0 Å². The van der Waals surface area contributed by atoms with Gasteiger partial charge in [0.1, 0.15) is 5.82 Å². The van der Waals surface area contributed by atoms with Crippen molar-refractivity contribution in [1.82, 2.24) is 19.3 Å². The van der Waals surface area contributed by atoms with E-state index < -0.39 is 0 Å². The number of anilines is 1. The molecule has 0 spiro atoms. The highest BCUT2D eigenvalue weighted by molar-refractivity contribution is 5.88. The van der Waals surface area contributed by atoms with Gasteiger partial charge in [0.15, 0.2) is 5.82 Å². The molecule has 2 aromatic heterocycles. The van der Waals surface area contributed by atoms with Crippen LogP contribution in [0, 0.1) is 6.92 Å². The smallest absolute Gasteiger partial charge is 0.153 e. The zero-order valence-corrected chi connectivity index (χ0v) is 10.2. The van der Waals surface area contributed by atoms with E-state index >= 15 is 0 Å². The lowest BCUT2D eigenvalue weighted by Crippen LogP contribution is -2.09. The molecule has 18 heavy (non-hydrogen) atoms. The molecule has 0 aliphatic heterocycles. The predicted molar refractivity (Wildman–Crippen MR) is 71.1 cm³/mol. The van der Waals surface area contributed by atoms with E-state index in [4.69, 9.17) is 5.73 Å². The maximum absolute atomic E-state index is 5.90. The van der Waals surface area contributed by atoms with Gasteiger partial charge in [-0.2, -0.15) is 5.10 Å². The first-order chi connectivity index (χ1) is 8.75. The second kappa shape index (κ2) is 4.18. The minimum atomic E-state index is 0.591. The summed E-state index contributed by atoms with van der Waals surface area (Å²) in [7, 11) is 0. The molecular formula is C13H15N5. The minimum Gasteiger partial charge on any atom is -0.382 e. The Hall–Kier alpha value is -2.30. The largest absolute Gasteiger partial charge is 0.382 e. The van der Waals surface area contributed by atoms with Gasteiger partial charge < -0.3 is 10.3 Å². The third-order valence-electron chi connectivity index (χ3n) is 3.16. The number of imidazole rings is 1. The molecule has 2 N–H and O–H groups in total. The molecule has 1 aromatic carbocycles. The van der Waals surface area contributed by atoms with E-state index in [1.807, 2.05) is 48.3 Å². The van der Waals surface area contributed by atoms with Crippen molar-refractivity contribution in [2.75, 3.05) is 5.73 Å². The number of rotatable bonds is 3. The second-order valence-corrected chi connectivity index (χ2v) is 4.29. The fourth-order valence-corrected chi connectivity index (χ4v) is 2.17. The molecule has 0 saturated heterocycles. The van der Waals surface area contributed by atoms with Crippen LogP contribution in [0.4, 0.5) is 5.82 Å². The first kappa shape index (κ1) is 10.8. The highest BCUT2D eigenvalue weighted by Gasteiger charge is 2.07. The maximum atomic E-state index is 5.90. The van der Waals surface area contributed by atoms with E-state index in [0.29, 0.717) is 5.82 Å². The van der Waals surface area contributed by atoms with E-state index in [-0.39, 0.29) is 0 Å². The van der Waals surface area contributed by atoms with Crippen molar-refractivity contribution in [3.63, 3.8) is 0 Å². The highest BCUT2D eigenvalue weighted by atomic mass is 15.3. The molecule has 0 aliphatic carbocycles. The quantitative estimate of drug-likeness (QED) is 0.761. The predicted octanol–water partition coefficient (Wildman–Crippen LogP) is 1.82. The Morgan fingerprint density at radius 2 is 2.06 bits per heavy atom. The van der Waals surface area contributed by atoms with Gasteiger partial charge >= 0.3 is 0 Å². The number of para-hydroxylation sites is 1. The third kappa shape index (κ3) is 1.73. The van der Waals surface area contributed by atoms with Gasteiger partial charge in [0.2, 0.25) is 0 Å². The van der Waals surface area contributed by atoms with Crippen molar-refractivity contribution in [3.05, 3.63) is 42.5 Å². The van der Waals surface area contributed by atoms with E-state index in [9.17, 15) is 0 Å². The van der Waals surface area contributed by atoms with Crippen molar-refractivity contribution in [3.8, 4) is 0 Å². The number of hydrogen-bond acceptors (Lipinski definition) is 3. The topological polar surface area (TPSA) is 61.7 Å². The third-order valence-corrected chi connectivity index (χ3v) is 3.16. The van der Waals surface area contributed by atoms with Crippen molar-refractivity contribution in [1.29, 1.82) is 0 Å². The fourth-order valence-electron chi connectivity index (χ4n) is 2.17. The summed E-state index contributed by atoms with van der Waals surface area (Å²) in [5.41, 5.74) is 6.98. The van der Waals surface area contributed by atoms with Gasteiger partial charge in [0, 0.05) is 24.3 Å². The van der Waals surface area contributed by atoms with Crippen molar-refractivity contribution in [2.45, 2.75) is 20.0 Å². The van der Waals surface area contributed by atoms with E-state index in [1.165, 1.54) is 0 Å². The lowest BCUT2D eigenvalue weighted by atomic mass is 10.2. The highest BCUT2D eigenvalue weighted by Crippen LogP contribution is 2.19. The molecule has 0 amide bonds. The zero-order valence-electron chi connectivity index (χ0n) is 10.2.